The number of carbonyl (C=O) groups is 2. The molecular formula is C18H18ClNO4. The number of amides is 1. The molecule has 1 amide bonds. The van der Waals surface area contributed by atoms with Gasteiger partial charge in [0.1, 0.15) is 11.3 Å². The number of anilines is 1. The average Bonchev–Trinajstić information content (AvgIpc) is 2.55. The summed E-state index contributed by atoms with van der Waals surface area (Å²) < 4.78 is 10.6. The van der Waals surface area contributed by atoms with Crippen LogP contribution >= 0.6 is 11.6 Å². The highest BCUT2D eigenvalue weighted by atomic mass is 35.5. The molecule has 2 aromatic rings. The number of hydrogen-bond acceptors (Lipinski definition) is 4. The number of nitrogens with one attached hydrogen (secondary N) is 1. The van der Waals surface area contributed by atoms with Gasteiger partial charge in [0.05, 0.1) is 6.61 Å². The van der Waals surface area contributed by atoms with E-state index in [1.807, 2.05) is 0 Å². The molecule has 0 aromatic heterocycles. The molecule has 0 aliphatic heterocycles. The van der Waals surface area contributed by atoms with Crippen LogP contribution in [0.5, 0.6) is 5.75 Å². The first-order chi connectivity index (χ1) is 11.5. The van der Waals surface area contributed by atoms with Crippen LogP contribution < -0.4 is 10.1 Å². The third kappa shape index (κ3) is 4.73. The molecule has 0 aliphatic carbocycles. The average molecular weight is 348 g/mol. The summed E-state index contributed by atoms with van der Waals surface area (Å²) in [6.45, 7) is 3.59. The lowest BCUT2D eigenvalue weighted by Gasteiger charge is -2.16. The highest BCUT2D eigenvalue weighted by Gasteiger charge is 2.19. The van der Waals surface area contributed by atoms with E-state index in [-0.39, 0.29) is 18.1 Å². The second kappa shape index (κ2) is 8.36. The van der Waals surface area contributed by atoms with Crippen LogP contribution in [0.4, 0.5) is 5.69 Å². The summed E-state index contributed by atoms with van der Waals surface area (Å²) >= 11 is 5.89. The van der Waals surface area contributed by atoms with Gasteiger partial charge in [-0.1, -0.05) is 29.8 Å². The van der Waals surface area contributed by atoms with Crippen LogP contribution in [0.15, 0.2) is 48.5 Å². The van der Waals surface area contributed by atoms with Crippen LogP contribution in [0.3, 0.4) is 0 Å². The number of rotatable bonds is 6. The van der Waals surface area contributed by atoms with Crippen LogP contribution in [0.25, 0.3) is 0 Å². The van der Waals surface area contributed by atoms with Gasteiger partial charge >= 0.3 is 5.97 Å². The summed E-state index contributed by atoms with van der Waals surface area (Å²) in [5, 5.41) is 3.23. The molecule has 24 heavy (non-hydrogen) atoms. The van der Waals surface area contributed by atoms with Crippen LogP contribution in [-0.4, -0.2) is 24.6 Å². The Hall–Kier alpha value is -2.53. The molecule has 0 bridgehead atoms. The number of carbonyl (C=O) groups excluding carboxylic acids is 2. The van der Waals surface area contributed by atoms with Gasteiger partial charge in [0.25, 0.3) is 5.91 Å². The van der Waals surface area contributed by atoms with Crippen molar-refractivity contribution in [1.29, 1.82) is 0 Å². The second-order valence-corrected chi connectivity index (χ2v) is 5.41. The molecule has 0 fully saturated rings. The summed E-state index contributed by atoms with van der Waals surface area (Å²) in [7, 11) is 0. The Morgan fingerprint density at radius 1 is 1.17 bits per heavy atom. The predicted molar refractivity (Wildman–Crippen MR) is 92.6 cm³/mol. The zero-order valence-corrected chi connectivity index (χ0v) is 14.2. The lowest BCUT2D eigenvalue weighted by molar-refractivity contribution is -0.122. The molecule has 0 spiro atoms. The molecule has 6 heteroatoms. The number of para-hydroxylation sites is 1. The standard InChI is InChI=1S/C18H18ClNO4/c1-3-23-18(22)15-9-4-5-10-16(15)24-12(2)17(21)20-14-8-6-7-13(19)11-14/h4-12H,3H2,1-2H3,(H,20,21)/t12-/m0/s1. The maximum atomic E-state index is 12.2. The van der Waals surface area contributed by atoms with Crippen LogP contribution in [0.1, 0.15) is 24.2 Å². The summed E-state index contributed by atoms with van der Waals surface area (Å²) in [6.07, 6.45) is -0.806. The molecule has 0 radical (unpaired) electrons. The fourth-order valence-electron chi connectivity index (χ4n) is 2.00. The molecule has 1 N–H and O–H groups in total. The number of halogens is 1. The zero-order valence-electron chi connectivity index (χ0n) is 13.4. The normalized spacial score (nSPS) is 11.5. The van der Waals surface area contributed by atoms with Gasteiger partial charge in [-0.2, -0.15) is 0 Å². The Balaban J connectivity index is 2.07. The van der Waals surface area contributed by atoms with Gasteiger partial charge < -0.3 is 14.8 Å². The van der Waals surface area contributed by atoms with E-state index in [0.29, 0.717) is 16.5 Å². The Labute approximate surface area is 145 Å². The van der Waals surface area contributed by atoms with E-state index in [0.717, 1.165) is 0 Å². The third-order valence-corrected chi connectivity index (χ3v) is 3.38. The van der Waals surface area contributed by atoms with Crippen molar-refractivity contribution in [3.63, 3.8) is 0 Å². The lowest BCUT2D eigenvalue weighted by Crippen LogP contribution is -2.30. The molecular weight excluding hydrogens is 330 g/mol. The van der Waals surface area contributed by atoms with Gasteiger partial charge in [-0.25, -0.2) is 4.79 Å². The van der Waals surface area contributed by atoms with Gasteiger partial charge in [0, 0.05) is 10.7 Å². The van der Waals surface area contributed by atoms with Crippen molar-refractivity contribution in [2.75, 3.05) is 11.9 Å². The molecule has 2 rings (SSSR count). The first-order valence-corrected chi connectivity index (χ1v) is 7.88. The molecule has 2 aromatic carbocycles. The Morgan fingerprint density at radius 2 is 1.92 bits per heavy atom. The largest absolute Gasteiger partial charge is 0.480 e. The smallest absolute Gasteiger partial charge is 0.341 e. The minimum atomic E-state index is -0.806. The minimum absolute atomic E-state index is 0.262. The number of hydrogen-bond donors (Lipinski definition) is 1. The third-order valence-electron chi connectivity index (χ3n) is 3.15. The molecule has 0 unspecified atom stereocenters. The molecule has 0 heterocycles. The SMILES string of the molecule is CCOC(=O)c1ccccc1O[C@@H](C)C(=O)Nc1cccc(Cl)c1. The van der Waals surface area contributed by atoms with Crippen molar-refractivity contribution >= 4 is 29.2 Å². The quantitative estimate of drug-likeness (QED) is 0.804. The van der Waals surface area contributed by atoms with Crippen molar-refractivity contribution in [2.24, 2.45) is 0 Å². The van der Waals surface area contributed by atoms with Crippen molar-refractivity contribution in [3.8, 4) is 5.75 Å². The molecule has 0 saturated heterocycles. The Morgan fingerprint density at radius 3 is 2.62 bits per heavy atom. The van der Waals surface area contributed by atoms with Crippen molar-refractivity contribution < 1.29 is 19.1 Å². The maximum absolute atomic E-state index is 12.2. The Bertz CT molecular complexity index is 732. The monoisotopic (exact) mass is 347 g/mol. The van der Waals surface area contributed by atoms with Crippen molar-refractivity contribution in [2.45, 2.75) is 20.0 Å². The fraction of sp³-hybridized carbons (Fsp3) is 0.222. The van der Waals surface area contributed by atoms with E-state index >= 15 is 0 Å². The molecule has 126 valence electrons. The first-order valence-electron chi connectivity index (χ1n) is 7.50. The lowest BCUT2D eigenvalue weighted by atomic mass is 10.2. The summed E-state index contributed by atoms with van der Waals surface area (Å²) in [5.41, 5.74) is 0.850. The van der Waals surface area contributed by atoms with E-state index in [1.165, 1.54) is 0 Å². The molecule has 1 atom stereocenters. The first kappa shape index (κ1) is 17.8. The summed E-state index contributed by atoms with van der Waals surface area (Å²) in [4.78, 5) is 24.2. The minimum Gasteiger partial charge on any atom is -0.480 e. The fourth-order valence-corrected chi connectivity index (χ4v) is 2.19. The number of esters is 1. The molecule has 0 aliphatic rings. The van der Waals surface area contributed by atoms with Gasteiger partial charge in [-0.05, 0) is 44.2 Å². The summed E-state index contributed by atoms with van der Waals surface area (Å²) in [6, 6.07) is 13.5. The number of ether oxygens (including phenoxy) is 2. The van der Waals surface area contributed by atoms with Gasteiger partial charge in [-0.15, -0.1) is 0 Å². The van der Waals surface area contributed by atoms with Gasteiger partial charge in [0.2, 0.25) is 0 Å². The van der Waals surface area contributed by atoms with Crippen molar-refractivity contribution in [1.82, 2.24) is 0 Å². The summed E-state index contributed by atoms with van der Waals surface area (Å²) in [5.74, 6) is -0.545. The molecule has 5 nitrogen and oxygen atoms in total. The maximum Gasteiger partial charge on any atom is 0.341 e. The predicted octanol–water partition coefficient (Wildman–Crippen LogP) is 3.92. The van der Waals surface area contributed by atoms with Crippen molar-refractivity contribution in [3.05, 3.63) is 59.1 Å². The zero-order chi connectivity index (χ0) is 17.5. The van der Waals surface area contributed by atoms with E-state index in [4.69, 9.17) is 21.1 Å². The highest BCUT2D eigenvalue weighted by molar-refractivity contribution is 6.30. The second-order valence-electron chi connectivity index (χ2n) is 4.98. The van der Waals surface area contributed by atoms with Crippen LogP contribution in [-0.2, 0) is 9.53 Å². The van der Waals surface area contributed by atoms with Gasteiger partial charge in [0.15, 0.2) is 6.10 Å². The van der Waals surface area contributed by atoms with E-state index in [1.54, 1.807) is 62.4 Å². The highest BCUT2D eigenvalue weighted by Crippen LogP contribution is 2.21. The van der Waals surface area contributed by atoms with E-state index in [9.17, 15) is 9.59 Å². The Kier molecular flexibility index (Phi) is 6.21. The van der Waals surface area contributed by atoms with Gasteiger partial charge in [-0.3, -0.25) is 4.79 Å². The topological polar surface area (TPSA) is 64.6 Å². The van der Waals surface area contributed by atoms with Crippen LogP contribution in [0, 0.1) is 0 Å². The number of benzene rings is 2. The van der Waals surface area contributed by atoms with E-state index < -0.39 is 12.1 Å². The van der Waals surface area contributed by atoms with E-state index in [2.05, 4.69) is 5.32 Å². The van der Waals surface area contributed by atoms with Crippen LogP contribution in [0.2, 0.25) is 5.02 Å². The molecule has 0 saturated carbocycles.